The molecule has 6 heteroatoms. The van der Waals surface area contributed by atoms with Crippen molar-refractivity contribution in [2.45, 2.75) is 20.3 Å². The van der Waals surface area contributed by atoms with E-state index in [9.17, 15) is 5.21 Å². The van der Waals surface area contributed by atoms with E-state index in [1.807, 2.05) is 6.07 Å². The third kappa shape index (κ3) is 3.75. The van der Waals surface area contributed by atoms with Crippen molar-refractivity contribution in [1.82, 2.24) is 10.1 Å². The molecule has 0 aliphatic heterocycles. The van der Waals surface area contributed by atoms with E-state index in [4.69, 9.17) is 4.74 Å². The van der Waals surface area contributed by atoms with Crippen LogP contribution < -0.4 is 10.2 Å². The molecule has 0 atom stereocenters. The van der Waals surface area contributed by atoms with Crippen LogP contribution in [-0.4, -0.2) is 23.4 Å². The Kier molecular flexibility index (Phi) is 4.46. The molecule has 0 fully saturated rings. The van der Waals surface area contributed by atoms with Gasteiger partial charge >= 0.3 is 0 Å². The first-order chi connectivity index (χ1) is 9.16. The molecule has 2 aromatic rings. The zero-order chi connectivity index (χ0) is 13.7. The lowest BCUT2D eigenvalue weighted by Crippen LogP contribution is -2.33. The summed E-state index contributed by atoms with van der Waals surface area (Å²) in [6.45, 7) is 5.26. The van der Waals surface area contributed by atoms with Crippen LogP contribution in [0.15, 0.2) is 24.3 Å². The second-order valence-electron chi connectivity index (χ2n) is 4.71. The smallest absolute Gasteiger partial charge is 0.292 e. The number of para-hydroxylation sites is 2. The van der Waals surface area contributed by atoms with Gasteiger partial charge in [-0.15, -0.1) is 0 Å². The Labute approximate surface area is 112 Å². The Morgan fingerprint density at radius 1 is 1.37 bits per heavy atom. The van der Waals surface area contributed by atoms with E-state index in [1.165, 1.54) is 0 Å². The van der Waals surface area contributed by atoms with Gasteiger partial charge in [-0.05, 0) is 23.3 Å². The quantitative estimate of drug-likeness (QED) is 0.371. The van der Waals surface area contributed by atoms with Crippen LogP contribution in [0.1, 0.15) is 20.3 Å². The third-order valence-electron chi connectivity index (χ3n) is 2.67. The standard InChI is InChI=1S/C13H18N4O2/c1-10(2)7-8-19-9-14-13-15-11-5-3-4-6-12(11)17(18)16-13/h3-6,10H,7-9H2,1-2H3,(H,14,15,16). The monoisotopic (exact) mass is 262 g/mol. The van der Waals surface area contributed by atoms with E-state index in [1.54, 1.807) is 18.2 Å². The first-order valence-corrected chi connectivity index (χ1v) is 6.35. The first-order valence-electron chi connectivity index (χ1n) is 6.35. The lowest BCUT2D eigenvalue weighted by atomic mass is 10.1. The van der Waals surface area contributed by atoms with Crippen molar-refractivity contribution in [3.63, 3.8) is 0 Å². The maximum atomic E-state index is 11.7. The van der Waals surface area contributed by atoms with Gasteiger partial charge in [0, 0.05) is 12.7 Å². The lowest BCUT2D eigenvalue weighted by Gasteiger charge is -2.07. The van der Waals surface area contributed by atoms with Crippen molar-refractivity contribution in [2.24, 2.45) is 5.92 Å². The number of rotatable bonds is 6. The zero-order valence-electron chi connectivity index (χ0n) is 11.2. The molecule has 0 amide bonds. The molecule has 19 heavy (non-hydrogen) atoms. The SMILES string of the molecule is CC(C)CCOCNc1nc2ccccc2[n+]([O-])n1. The predicted molar refractivity (Wildman–Crippen MR) is 72.4 cm³/mol. The Morgan fingerprint density at radius 3 is 2.95 bits per heavy atom. The molecule has 1 aromatic heterocycles. The van der Waals surface area contributed by atoms with E-state index in [0.29, 0.717) is 35.1 Å². The molecule has 6 nitrogen and oxygen atoms in total. The molecular formula is C13H18N4O2. The Balaban J connectivity index is 1.94. The van der Waals surface area contributed by atoms with Crippen LogP contribution in [0.3, 0.4) is 0 Å². The van der Waals surface area contributed by atoms with Crippen molar-refractivity contribution in [3.8, 4) is 0 Å². The predicted octanol–water partition coefficient (Wildman–Crippen LogP) is 1.70. The van der Waals surface area contributed by atoms with Crippen LogP contribution in [0.25, 0.3) is 11.0 Å². The second kappa shape index (κ2) is 6.29. The largest absolute Gasteiger partial charge is 0.594 e. The molecule has 0 saturated heterocycles. The van der Waals surface area contributed by atoms with Gasteiger partial charge in [-0.3, -0.25) is 0 Å². The summed E-state index contributed by atoms with van der Waals surface area (Å²) in [7, 11) is 0. The highest BCUT2D eigenvalue weighted by atomic mass is 16.5. The molecule has 0 bridgehead atoms. The minimum Gasteiger partial charge on any atom is -0.594 e. The molecule has 102 valence electrons. The first kappa shape index (κ1) is 13.5. The molecule has 0 aliphatic rings. The number of nitrogens with one attached hydrogen (secondary N) is 1. The number of fused-ring (bicyclic) bond motifs is 1. The number of aromatic nitrogens is 3. The minimum atomic E-state index is 0.276. The summed E-state index contributed by atoms with van der Waals surface area (Å²) < 4.78 is 5.40. The minimum absolute atomic E-state index is 0.276. The Bertz CT molecular complexity index is 545. The number of ether oxygens (including phenoxy) is 1. The number of hydrogen-bond acceptors (Lipinski definition) is 5. The average Bonchev–Trinajstić information content (AvgIpc) is 2.38. The summed E-state index contributed by atoms with van der Waals surface area (Å²) >= 11 is 0. The van der Waals surface area contributed by atoms with Gasteiger partial charge < -0.3 is 15.3 Å². The lowest BCUT2D eigenvalue weighted by molar-refractivity contribution is -0.641. The molecule has 1 heterocycles. The summed E-state index contributed by atoms with van der Waals surface area (Å²) in [6.07, 6.45) is 1.00. The van der Waals surface area contributed by atoms with E-state index < -0.39 is 0 Å². The van der Waals surface area contributed by atoms with Gasteiger partial charge in [0.1, 0.15) is 12.2 Å². The molecule has 1 N–H and O–H groups in total. The van der Waals surface area contributed by atoms with Crippen molar-refractivity contribution in [2.75, 3.05) is 18.7 Å². The fourth-order valence-electron chi connectivity index (χ4n) is 1.58. The highest BCUT2D eigenvalue weighted by molar-refractivity contribution is 5.71. The maximum absolute atomic E-state index is 11.7. The maximum Gasteiger partial charge on any atom is 0.292 e. The number of hydrogen-bond donors (Lipinski definition) is 1. The van der Waals surface area contributed by atoms with Gasteiger partial charge in [0.05, 0.1) is 5.10 Å². The summed E-state index contributed by atoms with van der Waals surface area (Å²) in [6, 6.07) is 7.07. The number of nitrogens with zero attached hydrogens (tertiary/aromatic N) is 3. The summed E-state index contributed by atoms with van der Waals surface area (Å²) in [5.41, 5.74) is 1.06. The van der Waals surface area contributed by atoms with Crippen molar-refractivity contribution in [3.05, 3.63) is 29.5 Å². The van der Waals surface area contributed by atoms with Crippen LogP contribution in [0, 0.1) is 11.1 Å². The zero-order valence-corrected chi connectivity index (χ0v) is 11.2. The van der Waals surface area contributed by atoms with Gasteiger partial charge in [-0.1, -0.05) is 26.0 Å². The van der Waals surface area contributed by atoms with Gasteiger partial charge in [-0.2, -0.15) is 0 Å². The molecule has 0 aliphatic carbocycles. The van der Waals surface area contributed by atoms with Gasteiger partial charge in [0.2, 0.25) is 0 Å². The molecule has 0 spiro atoms. The van der Waals surface area contributed by atoms with E-state index >= 15 is 0 Å². The van der Waals surface area contributed by atoms with Crippen LogP contribution in [0.2, 0.25) is 0 Å². The molecular weight excluding hydrogens is 244 g/mol. The molecule has 0 radical (unpaired) electrons. The summed E-state index contributed by atoms with van der Waals surface area (Å²) in [5.74, 6) is 0.888. The van der Waals surface area contributed by atoms with E-state index in [0.717, 1.165) is 6.42 Å². The fraction of sp³-hybridized carbons (Fsp3) is 0.462. The van der Waals surface area contributed by atoms with Gasteiger partial charge in [0.15, 0.2) is 0 Å². The topological polar surface area (TPSA) is 74.0 Å². The van der Waals surface area contributed by atoms with Crippen LogP contribution in [0.4, 0.5) is 5.95 Å². The number of benzene rings is 1. The highest BCUT2D eigenvalue weighted by Gasteiger charge is 2.09. The molecule has 2 rings (SSSR count). The van der Waals surface area contributed by atoms with Crippen LogP contribution in [0.5, 0.6) is 0 Å². The molecule has 1 aromatic carbocycles. The van der Waals surface area contributed by atoms with Crippen LogP contribution >= 0.6 is 0 Å². The normalized spacial score (nSPS) is 11.1. The third-order valence-corrected chi connectivity index (χ3v) is 2.67. The highest BCUT2D eigenvalue weighted by Crippen LogP contribution is 2.07. The molecule has 0 unspecified atom stereocenters. The fourth-order valence-corrected chi connectivity index (χ4v) is 1.58. The van der Waals surface area contributed by atoms with E-state index in [-0.39, 0.29) is 5.95 Å². The summed E-state index contributed by atoms with van der Waals surface area (Å²) in [4.78, 5) is 4.81. The van der Waals surface area contributed by atoms with E-state index in [2.05, 4.69) is 29.2 Å². The Morgan fingerprint density at radius 2 is 2.16 bits per heavy atom. The van der Waals surface area contributed by atoms with Gasteiger partial charge in [0.25, 0.3) is 11.5 Å². The van der Waals surface area contributed by atoms with Crippen molar-refractivity contribution >= 4 is 17.0 Å². The summed E-state index contributed by atoms with van der Waals surface area (Å²) in [5, 5.41) is 18.3. The second-order valence-corrected chi connectivity index (χ2v) is 4.71. The number of anilines is 1. The van der Waals surface area contributed by atoms with Crippen molar-refractivity contribution < 1.29 is 9.58 Å². The van der Waals surface area contributed by atoms with Gasteiger partial charge in [-0.25, -0.2) is 4.98 Å². The van der Waals surface area contributed by atoms with Crippen molar-refractivity contribution in [1.29, 1.82) is 0 Å². The average molecular weight is 262 g/mol. The molecule has 0 saturated carbocycles. The Hall–Kier alpha value is -1.95. The van der Waals surface area contributed by atoms with Crippen LogP contribution in [-0.2, 0) is 4.74 Å².